The summed E-state index contributed by atoms with van der Waals surface area (Å²) < 4.78 is 27.2. The van der Waals surface area contributed by atoms with Crippen molar-refractivity contribution < 1.29 is 23.5 Å². The van der Waals surface area contributed by atoms with Crippen LogP contribution >= 0.6 is 0 Å². The molecule has 138 valence electrons. The number of nitrogens with one attached hydrogen (secondary N) is 1. The van der Waals surface area contributed by atoms with E-state index in [1.54, 1.807) is 18.2 Å². The highest BCUT2D eigenvalue weighted by Gasteiger charge is 2.22. The number of carbonyl (C=O) groups excluding carboxylic acids is 1. The number of amides is 1. The van der Waals surface area contributed by atoms with E-state index < -0.39 is 23.6 Å². The lowest BCUT2D eigenvalue weighted by Gasteiger charge is -2.23. The summed E-state index contributed by atoms with van der Waals surface area (Å²) in [6.45, 7) is 3.65. The monoisotopic (exact) mass is 361 g/mol. The number of hydrogen-bond donors (Lipinski definition) is 2. The highest BCUT2D eigenvalue weighted by molar-refractivity contribution is 5.89. The molecule has 0 bridgehead atoms. The maximum atomic E-state index is 14.0. The van der Waals surface area contributed by atoms with Crippen LogP contribution in [0.5, 0.6) is 0 Å². The van der Waals surface area contributed by atoms with Crippen LogP contribution < -0.4 is 5.32 Å². The van der Waals surface area contributed by atoms with E-state index in [1.807, 2.05) is 13.8 Å². The predicted molar refractivity (Wildman–Crippen MR) is 93.8 cm³/mol. The van der Waals surface area contributed by atoms with E-state index in [0.29, 0.717) is 5.56 Å². The molecular weight excluding hydrogens is 340 g/mol. The zero-order valence-corrected chi connectivity index (χ0v) is 14.6. The minimum Gasteiger partial charge on any atom is -0.478 e. The largest absolute Gasteiger partial charge is 0.478 e. The topological polar surface area (TPSA) is 66.4 Å². The van der Waals surface area contributed by atoms with E-state index in [9.17, 15) is 23.5 Å². The molecule has 2 aromatic carbocycles. The molecule has 0 aliphatic heterocycles. The fourth-order valence-electron chi connectivity index (χ4n) is 2.80. The molecule has 2 rings (SSSR count). The van der Waals surface area contributed by atoms with Crippen molar-refractivity contribution in [3.05, 3.63) is 70.8 Å². The SMILES string of the molecule is CC(C)C(NC(=O)CCc1ccccc1C(=O)O)c1ccc(F)cc1F. The Hall–Kier alpha value is -2.76. The van der Waals surface area contributed by atoms with Crippen LogP contribution in [0.4, 0.5) is 8.78 Å². The number of hydrogen-bond acceptors (Lipinski definition) is 2. The molecule has 0 saturated carbocycles. The summed E-state index contributed by atoms with van der Waals surface area (Å²) in [4.78, 5) is 23.5. The molecule has 4 nitrogen and oxygen atoms in total. The third kappa shape index (κ3) is 4.88. The van der Waals surface area contributed by atoms with Gasteiger partial charge in [-0.25, -0.2) is 13.6 Å². The lowest BCUT2D eigenvalue weighted by molar-refractivity contribution is -0.122. The van der Waals surface area contributed by atoms with Gasteiger partial charge in [-0.2, -0.15) is 0 Å². The van der Waals surface area contributed by atoms with Crippen molar-refractivity contribution in [3.8, 4) is 0 Å². The van der Waals surface area contributed by atoms with Gasteiger partial charge in [-0.3, -0.25) is 4.79 Å². The molecule has 1 unspecified atom stereocenters. The maximum absolute atomic E-state index is 14.0. The Bertz CT molecular complexity index is 805. The molecule has 0 aliphatic carbocycles. The van der Waals surface area contributed by atoms with Gasteiger partial charge in [-0.05, 0) is 30.0 Å². The standard InChI is InChI=1S/C20H21F2NO3/c1-12(2)19(16-9-8-14(21)11-17(16)22)23-18(24)10-7-13-5-3-4-6-15(13)20(25)26/h3-6,8-9,11-12,19H,7,10H2,1-2H3,(H,23,24)(H,25,26). The highest BCUT2D eigenvalue weighted by Crippen LogP contribution is 2.25. The smallest absolute Gasteiger partial charge is 0.335 e. The molecule has 2 N–H and O–H groups in total. The summed E-state index contributed by atoms with van der Waals surface area (Å²) in [6, 6.07) is 9.16. The van der Waals surface area contributed by atoms with E-state index in [0.717, 1.165) is 12.1 Å². The van der Waals surface area contributed by atoms with Gasteiger partial charge >= 0.3 is 5.97 Å². The van der Waals surface area contributed by atoms with Gasteiger partial charge in [0.15, 0.2) is 0 Å². The van der Waals surface area contributed by atoms with Crippen LogP contribution in [0.15, 0.2) is 42.5 Å². The molecule has 0 aromatic heterocycles. The second kappa shape index (κ2) is 8.56. The number of rotatable bonds is 7. The van der Waals surface area contributed by atoms with Gasteiger partial charge in [0, 0.05) is 18.1 Å². The van der Waals surface area contributed by atoms with Crippen molar-refractivity contribution in [2.75, 3.05) is 0 Å². The zero-order valence-electron chi connectivity index (χ0n) is 14.6. The van der Waals surface area contributed by atoms with Gasteiger partial charge < -0.3 is 10.4 Å². The number of aryl methyl sites for hydroxylation is 1. The summed E-state index contributed by atoms with van der Waals surface area (Å²) in [5.74, 6) is -2.86. The molecule has 0 fully saturated rings. The lowest BCUT2D eigenvalue weighted by atomic mass is 9.95. The normalized spacial score (nSPS) is 12.0. The summed E-state index contributed by atoms with van der Waals surface area (Å²) in [6.07, 6.45) is 0.321. The third-order valence-electron chi connectivity index (χ3n) is 4.15. The molecule has 0 saturated heterocycles. The molecule has 0 radical (unpaired) electrons. The van der Waals surface area contributed by atoms with Gasteiger partial charge in [0.25, 0.3) is 0 Å². The van der Waals surface area contributed by atoms with Crippen molar-refractivity contribution in [2.45, 2.75) is 32.7 Å². The van der Waals surface area contributed by atoms with E-state index in [1.165, 1.54) is 12.1 Å². The van der Waals surface area contributed by atoms with Crippen molar-refractivity contribution in [3.63, 3.8) is 0 Å². The third-order valence-corrected chi connectivity index (χ3v) is 4.15. The molecule has 26 heavy (non-hydrogen) atoms. The Morgan fingerprint density at radius 3 is 2.42 bits per heavy atom. The van der Waals surface area contributed by atoms with Gasteiger partial charge in [0.05, 0.1) is 11.6 Å². The Morgan fingerprint density at radius 1 is 1.12 bits per heavy atom. The molecule has 0 aliphatic rings. The zero-order chi connectivity index (χ0) is 19.3. The van der Waals surface area contributed by atoms with Crippen LogP contribution in [-0.4, -0.2) is 17.0 Å². The number of carbonyl (C=O) groups is 2. The number of aromatic carboxylic acids is 1. The predicted octanol–water partition coefficient (Wildman–Crippen LogP) is 4.11. The molecule has 1 atom stereocenters. The highest BCUT2D eigenvalue weighted by atomic mass is 19.1. The molecule has 6 heteroatoms. The summed E-state index contributed by atoms with van der Waals surface area (Å²) in [7, 11) is 0. The Labute approximate surface area is 150 Å². The van der Waals surface area contributed by atoms with Crippen molar-refractivity contribution in [1.82, 2.24) is 5.32 Å². The van der Waals surface area contributed by atoms with Crippen molar-refractivity contribution in [2.24, 2.45) is 5.92 Å². The Morgan fingerprint density at radius 2 is 1.81 bits per heavy atom. The summed E-state index contributed by atoms with van der Waals surface area (Å²) in [5, 5.41) is 11.9. The van der Waals surface area contributed by atoms with E-state index in [4.69, 9.17) is 0 Å². The summed E-state index contributed by atoms with van der Waals surface area (Å²) >= 11 is 0. The van der Waals surface area contributed by atoms with E-state index >= 15 is 0 Å². The maximum Gasteiger partial charge on any atom is 0.335 e. The first-order chi connectivity index (χ1) is 12.3. The minimum atomic E-state index is -1.05. The molecule has 0 heterocycles. The Balaban J connectivity index is 2.08. The molecule has 0 spiro atoms. The second-order valence-electron chi connectivity index (χ2n) is 6.42. The average molecular weight is 361 g/mol. The van der Waals surface area contributed by atoms with Crippen LogP contribution in [0.25, 0.3) is 0 Å². The van der Waals surface area contributed by atoms with Crippen LogP contribution in [0.3, 0.4) is 0 Å². The first kappa shape index (κ1) is 19.6. The van der Waals surface area contributed by atoms with E-state index in [2.05, 4.69) is 5.32 Å². The van der Waals surface area contributed by atoms with Gasteiger partial charge in [0.1, 0.15) is 11.6 Å². The van der Waals surface area contributed by atoms with Crippen molar-refractivity contribution >= 4 is 11.9 Å². The summed E-state index contributed by atoms with van der Waals surface area (Å²) in [5.41, 5.74) is 0.940. The van der Waals surface area contributed by atoms with Crippen molar-refractivity contribution in [1.29, 1.82) is 0 Å². The molecule has 1 amide bonds. The average Bonchev–Trinajstić information content (AvgIpc) is 2.58. The minimum absolute atomic E-state index is 0.0658. The van der Waals surface area contributed by atoms with Crippen LogP contribution in [0.2, 0.25) is 0 Å². The van der Waals surface area contributed by atoms with Gasteiger partial charge in [0.2, 0.25) is 5.91 Å². The molecular formula is C20H21F2NO3. The first-order valence-electron chi connectivity index (χ1n) is 8.35. The first-order valence-corrected chi connectivity index (χ1v) is 8.35. The number of carboxylic acids is 1. The van der Waals surface area contributed by atoms with E-state index in [-0.39, 0.29) is 35.8 Å². The number of benzene rings is 2. The second-order valence-corrected chi connectivity index (χ2v) is 6.42. The number of halogens is 2. The van der Waals surface area contributed by atoms with Crippen LogP contribution in [0.1, 0.15) is 47.8 Å². The van der Waals surface area contributed by atoms with Gasteiger partial charge in [-0.1, -0.05) is 38.1 Å². The quantitative estimate of drug-likeness (QED) is 0.780. The lowest BCUT2D eigenvalue weighted by Crippen LogP contribution is -2.32. The fourth-order valence-corrected chi connectivity index (χ4v) is 2.80. The number of carboxylic acid groups (broad SMARTS) is 1. The van der Waals surface area contributed by atoms with Gasteiger partial charge in [-0.15, -0.1) is 0 Å². The molecule has 2 aromatic rings. The Kier molecular flexibility index (Phi) is 6.44. The van der Waals surface area contributed by atoms with Crippen LogP contribution in [-0.2, 0) is 11.2 Å². The van der Waals surface area contributed by atoms with Crippen LogP contribution in [0, 0.1) is 17.6 Å². The fraction of sp³-hybridized carbons (Fsp3) is 0.300.